The summed E-state index contributed by atoms with van der Waals surface area (Å²) in [6.07, 6.45) is 7.30. The third kappa shape index (κ3) is 1.92. The van der Waals surface area contributed by atoms with Crippen LogP contribution in [0.15, 0.2) is 33.8 Å². The second-order valence-electron chi connectivity index (χ2n) is 3.82. The second kappa shape index (κ2) is 3.62. The molecule has 5 heteroatoms. The van der Waals surface area contributed by atoms with Crippen LogP contribution < -0.4 is 5.73 Å². The molecule has 2 N–H and O–H groups in total. The summed E-state index contributed by atoms with van der Waals surface area (Å²) in [6, 6.07) is 0. The Bertz CT molecular complexity index is 449. The Morgan fingerprint density at radius 2 is 2.40 bits per heavy atom. The van der Waals surface area contributed by atoms with E-state index in [1.807, 2.05) is 19.1 Å². The Morgan fingerprint density at radius 1 is 1.67 bits per heavy atom. The van der Waals surface area contributed by atoms with Crippen molar-refractivity contribution in [3.63, 3.8) is 0 Å². The first kappa shape index (κ1) is 10.7. The number of halogens is 2. The van der Waals surface area contributed by atoms with Crippen molar-refractivity contribution in [1.82, 2.24) is 9.78 Å². The highest BCUT2D eigenvalue weighted by atomic mass is 127. The third-order valence-corrected chi connectivity index (χ3v) is 3.46. The first-order valence-corrected chi connectivity index (χ1v) is 5.64. The van der Waals surface area contributed by atoms with Gasteiger partial charge in [-0.2, -0.15) is 5.10 Å². The Labute approximate surface area is 101 Å². The molecule has 1 unspecified atom stereocenters. The fourth-order valence-corrected chi connectivity index (χ4v) is 2.46. The highest BCUT2D eigenvalue weighted by Crippen LogP contribution is 2.32. The van der Waals surface area contributed by atoms with Crippen molar-refractivity contribution in [2.24, 2.45) is 5.73 Å². The molecule has 1 aliphatic carbocycles. The van der Waals surface area contributed by atoms with E-state index in [1.165, 1.54) is 12.4 Å². The lowest BCUT2D eigenvalue weighted by molar-refractivity contribution is 0.366. The predicted octanol–water partition coefficient (Wildman–Crippen LogP) is 2.30. The summed E-state index contributed by atoms with van der Waals surface area (Å²) in [5.41, 5.74) is 6.23. The van der Waals surface area contributed by atoms with Crippen molar-refractivity contribution in [2.45, 2.75) is 18.9 Å². The smallest absolute Gasteiger partial charge is 0.161 e. The molecule has 1 aliphatic rings. The lowest BCUT2D eigenvalue weighted by atomic mass is 9.93. The van der Waals surface area contributed by atoms with E-state index in [0.29, 0.717) is 0 Å². The van der Waals surface area contributed by atoms with Gasteiger partial charge in [0.1, 0.15) is 0 Å². The standard InChI is InChI=1S/C10H11FIN3/c1-10(15-6-7(11)5-14-15)3-2-9(13)8(12)4-10/h2,4-6H,3,13H2,1H3. The Morgan fingerprint density at radius 3 is 2.93 bits per heavy atom. The zero-order chi connectivity index (χ0) is 11.1. The Kier molecular flexibility index (Phi) is 2.57. The van der Waals surface area contributed by atoms with Crippen LogP contribution >= 0.6 is 22.6 Å². The summed E-state index contributed by atoms with van der Waals surface area (Å²) >= 11 is 2.17. The zero-order valence-electron chi connectivity index (χ0n) is 8.24. The molecule has 1 aromatic heterocycles. The van der Waals surface area contributed by atoms with Crippen LogP contribution in [0.25, 0.3) is 0 Å². The van der Waals surface area contributed by atoms with E-state index in [9.17, 15) is 4.39 Å². The number of nitrogens with zero attached hydrogens (tertiary/aromatic N) is 2. The summed E-state index contributed by atoms with van der Waals surface area (Å²) < 4.78 is 15.5. The molecule has 1 aromatic rings. The molecule has 0 aliphatic heterocycles. The molecule has 0 saturated heterocycles. The molecule has 15 heavy (non-hydrogen) atoms. The largest absolute Gasteiger partial charge is 0.398 e. The Hall–Kier alpha value is -0.850. The van der Waals surface area contributed by atoms with Crippen molar-refractivity contribution in [3.8, 4) is 0 Å². The molecular weight excluding hydrogens is 308 g/mol. The number of hydrogen-bond acceptors (Lipinski definition) is 2. The topological polar surface area (TPSA) is 43.8 Å². The summed E-state index contributed by atoms with van der Waals surface area (Å²) in [6.45, 7) is 2.00. The van der Waals surface area contributed by atoms with Crippen LogP contribution in [0.4, 0.5) is 4.39 Å². The normalized spacial score (nSPS) is 26.1. The molecule has 0 spiro atoms. The van der Waals surface area contributed by atoms with Gasteiger partial charge in [-0.1, -0.05) is 6.08 Å². The molecule has 80 valence electrons. The van der Waals surface area contributed by atoms with Gasteiger partial charge in [0.05, 0.1) is 17.9 Å². The summed E-state index contributed by atoms with van der Waals surface area (Å²) in [5, 5.41) is 3.99. The van der Waals surface area contributed by atoms with E-state index in [1.54, 1.807) is 4.68 Å². The number of allylic oxidation sites excluding steroid dienone is 3. The van der Waals surface area contributed by atoms with Gasteiger partial charge in [0, 0.05) is 9.28 Å². The first-order chi connectivity index (χ1) is 7.01. The van der Waals surface area contributed by atoms with Gasteiger partial charge < -0.3 is 5.73 Å². The van der Waals surface area contributed by atoms with Crippen LogP contribution in [0.1, 0.15) is 13.3 Å². The minimum atomic E-state index is -0.317. The lowest BCUT2D eigenvalue weighted by Gasteiger charge is -2.29. The maximum absolute atomic E-state index is 12.9. The maximum Gasteiger partial charge on any atom is 0.161 e. The van der Waals surface area contributed by atoms with Crippen molar-refractivity contribution in [3.05, 3.63) is 39.6 Å². The van der Waals surface area contributed by atoms with Crippen molar-refractivity contribution in [2.75, 3.05) is 0 Å². The van der Waals surface area contributed by atoms with E-state index in [0.717, 1.165) is 15.7 Å². The van der Waals surface area contributed by atoms with Gasteiger partial charge in [-0.3, -0.25) is 4.68 Å². The molecule has 0 bridgehead atoms. The molecule has 1 atom stereocenters. The molecule has 0 saturated carbocycles. The van der Waals surface area contributed by atoms with Crippen LogP contribution in [0, 0.1) is 5.82 Å². The minimum absolute atomic E-state index is 0.316. The molecule has 0 radical (unpaired) electrons. The average Bonchev–Trinajstić information content (AvgIpc) is 2.60. The van der Waals surface area contributed by atoms with Gasteiger partial charge in [-0.25, -0.2) is 4.39 Å². The third-order valence-electron chi connectivity index (χ3n) is 2.52. The molecule has 0 amide bonds. The van der Waals surface area contributed by atoms with Crippen molar-refractivity contribution < 1.29 is 4.39 Å². The van der Waals surface area contributed by atoms with Gasteiger partial charge in [-0.15, -0.1) is 0 Å². The van der Waals surface area contributed by atoms with Crippen LogP contribution in [0.5, 0.6) is 0 Å². The van der Waals surface area contributed by atoms with Gasteiger partial charge in [-0.05, 0) is 42.0 Å². The van der Waals surface area contributed by atoms with Crippen LogP contribution in [0.3, 0.4) is 0 Å². The molecule has 0 fully saturated rings. The quantitative estimate of drug-likeness (QED) is 0.807. The highest BCUT2D eigenvalue weighted by Gasteiger charge is 2.27. The maximum atomic E-state index is 12.9. The number of hydrogen-bond donors (Lipinski definition) is 1. The Balaban J connectivity index is 2.38. The molecular formula is C10H11FIN3. The molecule has 0 aromatic carbocycles. The fraction of sp³-hybridized carbons (Fsp3) is 0.300. The van der Waals surface area contributed by atoms with Crippen LogP contribution in [-0.4, -0.2) is 9.78 Å². The summed E-state index contributed by atoms with van der Waals surface area (Å²) in [5.74, 6) is -0.317. The van der Waals surface area contributed by atoms with Crippen molar-refractivity contribution >= 4 is 22.6 Å². The molecule has 2 rings (SSSR count). The number of aromatic nitrogens is 2. The van der Waals surface area contributed by atoms with E-state index in [-0.39, 0.29) is 11.4 Å². The number of rotatable bonds is 1. The van der Waals surface area contributed by atoms with Gasteiger partial charge in [0.2, 0.25) is 0 Å². The van der Waals surface area contributed by atoms with Crippen molar-refractivity contribution in [1.29, 1.82) is 0 Å². The van der Waals surface area contributed by atoms with Crippen LogP contribution in [-0.2, 0) is 5.54 Å². The first-order valence-electron chi connectivity index (χ1n) is 4.56. The molecule has 1 heterocycles. The van der Waals surface area contributed by atoms with E-state index >= 15 is 0 Å². The number of nitrogens with two attached hydrogens (primary N) is 1. The summed E-state index contributed by atoms with van der Waals surface area (Å²) in [4.78, 5) is 0. The predicted molar refractivity (Wildman–Crippen MR) is 64.8 cm³/mol. The second-order valence-corrected chi connectivity index (χ2v) is 4.98. The highest BCUT2D eigenvalue weighted by molar-refractivity contribution is 14.1. The fourth-order valence-electron chi connectivity index (χ4n) is 1.57. The lowest BCUT2D eigenvalue weighted by Crippen LogP contribution is -2.30. The van der Waals surface area contributed by atoms with E-state index < -0.39 is 0 Å². The van der Waals surface area contributed by atoms with Gasteiger partial charge in [0.25, 0.3) is 0 Å². The minimum Gasteiger partial charge on any atom is -0.398 e. The zero-order valence-corrected chi connectivity index (χ0v) is 10.4. The van der Waals surface area contributed by atoms with E-state index in [4.69, 9.17) is 5.73 Å². The van der Waals surface area contributed by atoms with Crippen LogP contribution in [0.2, 0.25) is 0 Å². The summed E-state index contributed by atoms with van der Waals surface area (Å²) in [7, 11) is 0. The van der Waals surface area contributed by atoms with E-state index in [2.05, 4.69) is 27.7 Å². The van der Waals surface area contributed by atoms with Gasteiger partial charge >= 0.3 is 0 Å². The monoisotopic (exact) mass is 319 g/mol. The van der Waals surface area contributed by atoms with Gasteiger partial charge in [0.15, 0.2) is 5.82 Å². The molecule has 3 nitrogen and oxygen atoms in total. The average molecular weight is 319 g/mol. The SMILES string of the molecule is CC1(n2cc(F)cn2)C=C(I)C(N)=CC1.